The molecule has 0 amide bonds. The van der Waals surface area contributed by atoms with E-state index >= 15 is 0 Å². The van der Waals surface area contributed by atoms with Gasteiger partial charge in [0.2, 0.25) is 0 Å². The lowest BCUT2D eigenvalue weighted by atomic mass is 10.1. The number of rotatable bonds is 4. The van der Waals surface area contributed by atoms with Gasteiger partial charge >= 0.3 is 0 Å². The lowest BCUT2D eigenvalue weighted by Gasteiger charge is -2.21. The highest BCUT2D eigenvalue weighted by Crippen LogP contribution is 2.14. The average Bonchev–Trinajstić information content (AvgIpc) is 2.85. The van der Waals surface area contributed by atoms with E-state index in [4.69, 9.17) is 4.74 Å². The third-order valence-electron chi connectivity index (χ3n) is 3.15. The van der Waals surface area contributed by atoms with Crippen molar-refractivity contribution in [1.82, 2.24) is 4.90 Å². The zero-order valence-corrected chi connectivity index (χ0v) is 10.2. The molecule has 0 spiro atoms. The van der Waals surface area contributed by atoms with Gasteiger partial charge in [0, 0.05) is 12.6 Å². The maximum atomic E-state index is 13.4. The molecule has 1 aliphatic rings. The van der Waals surface area contributed by atoms with Gasteiger partial charge in [-0.25, -0.2) is 8.78 Å². The summed E-state index contributed by atoms with van der Waals surface area (Å²) in [7, 11) is 1.79. The van der Waals surface area contributed by atoms with E-state index in [2.05, 4.69) is 0 Å². The lowest BCUT2D eigenvalue weighted by Crippen LogP contribution is -2.36. The van der Waals surface area contributed by atoms with Crippen molar-refractivity contribution in [2.75, 3.05) is 26.8 Å². The third-order valence-corrected chi connectivity index (χ3v) is 3.15. The summed E-state index contributed by atoms with van der Waals surface area (Å²) in [6.45, 7) is 1.32. The van der Waals surface area contributed by atoms with Crippen LogP contribution in [0, 0.1) is 11.6 Å². The second kappa shape index (κ2) is 5.54. The molecule has 0 saturated carbocycles. The Morgan fingerprint density at radius 2 is 2.28 bits per heavy atom. The maximum absolute atomic E-state index is 13.4. The Morgan fingerprint density at radius 3 is 2.94 bits per heavy atom. The fourth-order valence-electron chi connectivity index (χ4n) is 2.02. The van der Waals surface area contributed by atoms with Crippen LogP contribution in [0.4, 0.5) is 8.78 Å². The van der Waals surface area contributed by atoms with Crippen molar-refractivity contribution >= 4 is 5.78 Å². The summed E-state index contributed by atoms with van der Waals surface area (Å²) in [5, 5.41) is 0. The van der Waals surface area contributed by atoms with E-state index in [0.717, 1.165) is 24.6 Å². The first-order valence-electron chi connectivity index (χ1n) is 5.84. The first-order valence-corrected chi connectivity index (χ1v) is 5.84. The first-order chi connectivity index (χ1) is 8.58. The molecule has 0 radical (unpaired) electrons. The minimum absolute atomic E-state index is 0.0639. The molecule has 5 heteroatoms. The standard InChI is InChI=1S/C13H15F2NO2/c1-16(10-4-5-18-8-10)7-13(17)11-6-9(14)2-3-12(11)15/h2-3,6,10H,4-5,7-8H2,1H3. The highest BCUT2D eigenvalue weighted by Gasteiger charge is 2.23. The molecule has 1 heterocycles. The molecular formula is C13H15F2NO2. The van der Waals surface area contributed by atoms with Crippen LogP contribution < -0.4 is 0 Å². The van der Waals surface area contributed by atoms with E-state index in [-0.39, 0.29) is 18.2 Å². The van der Waals surface area contributed by atoms with Gasteiger partial charge in [0.05, 0.1) is 18.7 Å². The number of carbonyl (C=O) groups excluding carboxylic acids is 1. The Kier molecular flexibility index (Phi) is 4.04. The number of nitrogens with zero attached hydrogens (tertiary/aromatic N) is 1. The highest BCUT2D eigenvalue weighted by molar-refractivity contribution is 5.97. The molecule has 1 aromatic rings. The highest BCUT2D eigenvalue weighted by atomic mass is 19.1. The zero-order chi connectivity index (χ0) is 13.1. The summed E-state index contributed by atoms with van der Waals surface area (Å²) in [5.74, 6) is -1.70. The van der Waals surface area contributed by atoms with Crippen LogP contribution in [0.5, 0.6) is 0 Å². The van der Waals surface area contributed by atoms with Gasteiger partial charge in [-0.15, -0.1) is 0 Å². The summed E-state index contributed by atoms with van der Waals surface area (Å²) in [4.78, 5) is 13.7. The van der Waals surface area contributed by atoms with Gasteiger partial charge in [-0.3, -0.25) is 9.69 Å². The van der Waals surface area contributed by atoms with Crippen LogP contribution >= 0.6 is 0 Å². The van der Waals surface area contributed by atoms with Gasteiger partial charge in [-0.2, -0.15) is 0 Å². The molecule has 0 N–H and O–H groups in total. The van der Waals surface area contributed by atoms with Gasteiger partial charge in [0.15, 0.2) is 5.78 Å². The molecule has 0 aromatic heterocycles. The Balaban J connectivity index is 2.04. The largest absolute Gasteiger partial charge is 0.380 e. The summed E-state index contributed by atoms with van der Waals surface area (Å²) < 4.78 is 31.6. The zero-order valence-electron chi connectivity index (χ0n) is 10.2. The number of halogens is 2. The molecule has 2 rings (SSSR count). The van der Waals surface area contributed by atoms with Crippen LogP contribution in [-0.4, -0.2) is 43.5 Å². The van der Waals surface area contributed by atoms with Gasteiger partial charge in [0.25, 0.3) is 0 Å². The van der Waals surface area contributed by atoms with Crippen LogP contribution in [0.1, 0.15) is 16.8 Å². The Morgan fingerprint density at radius 1 is 1.50 bits per heavy atom. The van der Waals surface area contributed by atoms with E-state index in [1.165, 1.54) is 0 Å². The van der Waals surface area contributed by atoms with Crippen molar-refractivity contribution in [2.24, 2.45) is 0 Å². The Hall–Kier alpha value is -1.33. The molecule has 1 aromatic carbocycles. The lowest BCUT2D eigenvalue weighted by molar-refractivity contribution is 0.0902. The summed E-state index contributed by atoms with van der Waals surface area (Å²) in [6, 6.07) is 3.09. The second-order valence-corrected chi connectivity index (χ2v) is 4.48. The molecule has 0 aliphatic carbocycles. The molecule has 1 aliphatic heterocycles. The molecule has 1 unspecified atom stereocenters. The Bertz CT molecular complexity index is 445. The number of hydrogen-bond acceptors (Lipinski definition) is 3. The topological polar surface area (TPSA) is 29.5 Å². The van der Waals surface area contributed by atoms with Crippen molar-refractivity contribution in [3.63, 3.8) is 0 Å². The summed E-state index contributed by atoms with van der Waals surface area (Å²) in [6.07, 6.45) is 0.857. The number of ether oxygens (including phenoxy) is 1. The van der Waals surface area contributed by atoms with Crippen LogP contribution in [0.3, 0.4) is 0 Å². The molecule has 1 atom stereocenters. The monoisotopic (exact) mass is 255 g/mol. The Labute approximate surface area is 104 Å². The summed E-state index contributed by atoms with van der Waals surface area (Å²) >= 11 is 0. The molecule has 1 saturated heterocycles. The SMILES string of the molecule is CN(CC(=O)c1cc(F)ccc1F)C1CCOC1. The van der Waals surface area contributed by atoms with Gasteiger partial charge in [0.1, 0.15) is 11.6 Å². The quantitative estimate of drug-likeness (QED) is 0.769. The number of likely N-dealkylation sites (N-methyl/N-ethyl adjacent to an activating group) is 1. The number of carbonyl (C=O) groups is 1. The van der Waals surface area contributed by atoms with Crippen LogP contribution in [-0.2, 0) is 4.74 Å². The van der Waals surface area contributed by atoms with Gasteiger partial charge in [-0.1, -0.05) is 0 Å². The molecule has 3 nitrogen and oxygen atoms in total. The number of benzene rings is 1. The van der Waals surface area contributed by atoms with E-state index in [9.17, 15) is 13.6 Å². The van der Waals surface area contributed by atoms with E-state index < -0.39 is 17.4 Å². The van der Waals surface area contributed by atoms with Crippen molar-refractivity contribution < 1.29 is 18.3 Å². The molecular weight excluding hydrogens is 240 g/mol. The summed E-state index contributed by atoms with van der Waals surface area (Å²) in [5.41, 5.74) is -0.194. The predicted octanol–water partition coefficient (Wildman–Crippen LogP) is 1.87. The minimum Gasteiger partial charge on any atom is -0.380 e. The van der Waals surface area contributed by atoms with E-state index in [0.29, 0.717) is 13.2 Å². The van der Waals surface area contributed by atoms with Crippen molar-refractivity contribution in [1.29, 1.82) is 0 Å². The number of hydrogen-bond donors (Lipinski definition) is 0. The van der Waals surface area contributed by atoms with Crippen molar-refractivity contribution in [3.8, 4) is 0 Å². The fourth-order valence-corrected chi connectivity index (χ4v) is 2.02. The van der Waals surface area contributed by atoms with E-state index in [1.807, 2.05) is 4.90 Å². The predicted molar refractivity (Wildman–Crippen MR) is 62.5 cm³/mol. The molecule has 18 heavy (non-hydrogen) atoms. The van der Waals surface area contributed by atoms with Crippen molar-refractivity contribution in [2.45, 2.75) is 12.5 Å². The average molecular weight is 255 g/mol. The number of Topliss-reactive ketones (excluding diaryl/α,β-unsaturated/α-hetero) is 1. The molecule has 0 bridgehead atoms. The van der Waals surface area contributed by atoms with Crippen LogP contribution in [0.25, 0.3) is 0 Å². The molecule has 1 fully saturated rings. The number of ketones is 1. The maximum Gasteiger partial charge on any atom is 0.179 e. The normalized spacial score (nSPS) is 19.4. The fraction of sp³-hybridized carbons (Fsp3) is 0.462. The van der Waals surface area contributed by atoms with Crippen LogP contribution in [0.15, 0.2) is 18.2 Å². The third kappa shape index (κ3) is 2.91. The first kappa shape index (κ1) is 13.1. The van der Waals surface area contributed by atoms with Gasteiger partial charge in [-0.05, 0) is 31.7 Å². The smallest absolute Gasteiger partial charge is 0.179 e. The second-order valence-electron chi connectivity index (χ2n) is 4.48. The van der Waals surface area contributed by atoms with E-state index in [1.54, 1.807) is 7.05 Å². The molecule has 98 valence electrons. The minimum atomic E-state index is -0.683. The van der Waals surface area contributed by atoms with Gasteiger partial charge < -0.3 is 4.74 Å². The van der Waals surface area contributed by atoms with Crippen molar-refractivity contribution in [3.05, 3.63) is 35.4 Å². The van der Waals surface area contributed by atoms with Crippen LogP contribution in [0.2, 0.25) is 0 Å².